The molecule has 0 radical (unpaired) electrons. The van der Waals surface area contributed by atoms with E-state index in [1.165, 1.54) is 39.8 Å². The van der Waals surface area contributed by atoms with Gasteiger partial charge in [0.05, 0.1) is 33.5 Å². The first-order valence-electron chi connectivity index (χ1n) is 6.55. The number of pyridine rings is 2. The first-order valence-corrected chi connectivity index (χ1v) is 7.30. The molecule has 2 rings (SSSR count). The van der Waals surface area contributed by atoms with Gasteiger partial charge in [0, 0.05) is 12.4 Å². The Balaban J connectivity index is 0.000000243. The van der Waals surface area contributed by atoms with E-state index in [9.17, 15) is 4.79 Å². The highest BCUT2D eigenvalue weighted by molar-refractivity contribution is 6.32. The summed E-state index contributed by atoms with van der Waals surface area (Å²) in [6.07, 6.45) is 2.98. The topological polar surface area (TPSA) is 90.8 Å². The van der Waals surface area contributed by atoms with E-state index in [1.54, 1.807) is 6.07 Å². The number of aromatic nitrogens is 2. The number of methoxy groups -OCH3 is 3. The predicted octanol–water partition coefficient (Wildman–Crippen LogP) is 2.77. The molecular formula is C15H16Cl2N2O5. The van der Waals surface area contributed by atoms with Crippen LogP contribution < -0.4 is 9.47 Å². The zero-order chi connectivity index (χ0) is 18.1. The molecule has 0 saturated carbocycles. The summed E-state index contributed by atoms with van der Waals surface area (Å²) in [5.41, 5.74) is 0.672. The molecule has 0 unspecified atom stereocenters. The van der Waals surface area contributed by atoms with Crippen molar-refractivity contribution >= 4 is 29.2 Å². The maximum Gasteiger partial charge on any atom is 0.344 e. The highest BCUT2D eigenvalue weighted by Crippen LogP contribution is 2.24. The third-order valence-corrected chi connectivity index (χ3v) is 3.43. The molecule has 0 bridgehead atoms. The lowest BCUT2D eigenvalue weighted by Crippen LogP contribution is -2.05. The molecule has 0 atom stereocenters. The van der Waals surface area contributed by atoms with Crippen molar-refractivity contribution in [2.75, 3.05) is 21.3 Å². The van der Waals surface area contributed by atoms with Gasteiger partial charge in [-0.05, 0) is 12.1 Å². The van der Waals surface area contributed by atoms with Gasteiger partial charge in [-0.2, -0.15) is 0 Å². The van der Waals surface area contributed by atoms with Crippen molar-refractivity contribution < 1.29 is 24.1 Å². The maximum atomic E-state index is 11.2. The number of nitrogens with zero attached hydrogens (tertiary/aromatic N) is 2. The zero-order valence-electron chi connectivity index (χ0n) is 13.2. The van der Waals surface area contributed by atoms with Gasteiger partial charge in [0.1, 0.15) is 27.4 Å². The van der Waals surface area contributed by atoms with Crippen molar-refractivity contribution in [1.82, 2.24) is 9.97 Å². The lowest BCUT2D eigenvalue weighted by molar-refractivity contribution is 0.0597. The van der Waals surface area contributed by atoms with Crippen molar-refractivity contribution in [3.63, 3.8) is 0 Å². The smallest absolute Gasteiger partial charge is 0.344 e. The average Bonchev–Trinajstić information content (AvgIpc) is 2.61. The van der Waals surface area contributed by atoms with Crippen LogP contribution in [0.1, 0.15) is 15.9 Å². The number of hydrogen-bond donors (Lipinski definition) is 1. The van der Waals surface area contributed by atoms with Crippen LogP contribution >= 0.6 is 23.2 Å². The van der Waals surface area contributed by atoms with Gasteiger partial charge < -0.3 is 19.3 Å². The summed E-state index contributed by atoms with van der Waals surface area (Å²) >= 11 is 11.3. The fourth-order valence-electron chi connectivity index (χ4n) is 1.66. The van der Waals surface area contributed by atoms with E-state index in [1.807, 2.05) is 0 Å². The second-order valence-corrected chi connectivity index (χ2v) is 4.83. The van der Waals surface area contributed by atoms with Crippen LogP contribution in [-0.2, 0) is 11.3 Å². The Morgan fingerprint density at radius 1 is 1.04 bits per heavy atom. The van der Waals surface area contributed by atoms with Gasteiger partial charge in [0.25, 0.3) is 0 Å². The van der Waals surface area contributed by atoms with Crippen LogP contribution in [0.15, 0.2) is 24.5 Å². The summed E-state index contributed by atoms with van der Waals surface area (Å²) in [4.78, 5) is 18.7. The molecule has 0 amide bonds. The van der Waals surface area contributed by atoms with Crippen LogP contribution in [0.3, 0.4) is 0 Å². The number of halogens is 2. The minimum Gasteiger partial charge on any atom is -0.496 e. The number of hydrogen-bond acceptors (Lipinski definition) is 7. The molecule has 2 aromatic heterocycles. The monoisotopic (exact) mass is 374 g/mol. The number of esters is 1. The average molecular weight is 375 g/mol. The van der Waals surface area contributed by atoms with Gasteiger partial charge in [0.2, 0.25) is 0 Å². The molecule has 1 N–H and O–H groups in total. The van der Waals surface area contributed by atoms with E-state index >= 15 is 0 Å². The molecule has 0 spiro atoms. The van der Waals surface area contributed by atoms with Crippen molar-refractivity contribution in [2.45, 2.75) is 6.61 Å². The molecule has 0 fully saturated rings. The van der Waals surface area contributed by atoms with Crippen molar-refractivity contribution in [3.8, 4) is 11.5 Å². The van der Waals surface area contributed by atoms with E-state index in [0.717, 1.165) is 0 Å². The highest BCUT2D eigenvalue weighted by atomic mass is 35.5. The fourth-order valence-corrected chi connectivity index (χ4v) is 2.10. The number of aliphatic hydroxyl groups is 1. The summed E-state index contributed by atoms with van der Waals surface area (Å²) in [6.45, 7) is -0.157. The molecule has 24 heavy (non-hydrogen) atoms. The van der Waals surface area contributed by atoms with Gasteiger partial charge in [-0.1, -0.05) is 23.2 Å². The third kappa shape index (κ3) is 4.95. The summed E-state index contributed by atoms with van der Waals surface area (Å²) in [5.74, 6) is 0.356. The number of aliphatic hydroxyl groups excluding tert-OH is 1. The van der Waals surface area contributed by atoms with Gasteiger partial charge in [-0.3, -0.25) is 0 Å². The number of carbonyl (C=O) groups is 1. The summed E-state index contributed by atoms with van der Waals surface area (Å²) in [6, 6.07) is 3.19. The fraction of sp³-hybridized carbons (Fsp3) is 0.267. The molecular weight excluding hydrogens is 359 g/mol. The Hall–Kier alpha value is -2.09. The molecule has 0 aliphatic carbocycles. The first-order chi connectivity index (χ1) is 11.5. The van der Waals surface area contributed by atoms with E-state index < -0.39 is 5.97 Å². The molecule has 2 heterocycles. The predicted molar refractivity (Wildman–Crippen MR) is 88.9 cm³/mol. The number of carbonyl (C=O) groups excluding carboxylic acids is 1. The Morgan fingerprint density at radius 3 is 2.04 bits per heavy atom. The first kappa shape index (κ1) is 20.0. The van der Waals surface area contributed by atoms with Crippen LogP contribution in [0.2, 0.25) is 10.3 Å². The van der Waals surface area contributed by atoms with Gasteiger partial charge in [-0.15, -0.1) is 0 Å². The van der Waals surface area contributed by atoms with E-state index in [2.05, 4.69) is 14.7 Å². The Labute approximate surface area is 149 Å². The standard InChI is InChI=1S/C8H8ClNO3.C7H8ClNO2/c1-12-5-3-4-10-7(9)6(5)8(11)13-2;1-11-6-2-3-9-7(8)5(6)4-10/h3-4H,1-2H3;2-3,10H,4H2,1H3. The summed E-state index contributed by atoms with van der Waals surface area (Å²) in [7, 11) is 4.23. The molecule has 0 aliphatic heterocycles. The molecule has 2 aromatic rings. The Kier molecular flexibility index (Phi) is 8.25. The molecule has 0 saturated heterocycles. The molecule has 9 heteroatoms. The maximum absolute atomic E-state index is 11.2. The van der Waals surface area contributed by atoms with Crippen LogP contribution in [0.5, 0.6) is 11.5 Å². The van der Waals surface area contributed by atoms with Crippen LogP contribution in [0.4, 0.5) is 0 Å². The molecule has 0 aliphatic rings. The highest BCUT2D eigenvalue weighted by Gasteiger charge is 2.17. The van der Waals surface area contributed by atoms with Gasteiger partial charge in [0.15, 0.2) is 0 Å². The normalized spacial score (nSPS) is 9.58. The second-order valence-electron chi connectivity index (χ2n) is 4.11. The SMILES string of the molecule is COC(=O)c1c(OC)ccnc1Cl.COc1ccnc(Cl)c1CO. The quantitative estimate of drug-likeness (QED) is 0.649. The minimum atomic E-state index is -0.560. The second kappa shape index (κ2) is 9.92. The zero-order valence-corrected chi connectivity index (χ0v) is 14.8. The third-order valence-electron chi connectivity index (χ3n) is 2.81. The van der Waals surface area contributed by atoms with Crippen molar-refractivity contribution in [3.05, 3.63) is 46.0 Å². The minimum absolute atomic E-state index is 0.0752. The molecule has 7 nitrogen and oxygen atoms in total. The van der Waals surface area contributed by atoms with Crippen molar-refractivity contribution in [2.24, 2.45) is 0 Å². The lowest BCUT2D eigenvalue weighted by atomic mass is 10.2. The van der Waals surface area contributed by atoms with E-state index in [0.29, 0.717) is 17.1 Å². The number of rotatable bonds is 4. The van der Waals surface area contributed by atoms with Gasteiger partial charge >= 0.3 is 5.97 Å². The summed E-state index contributed by atoms with van der Waals surface area (Å²) < 4.78 is 14.4. The Morgan fingerprint density at radius 2 is 1.58 bits per heavy atom. The summed E-state index contributed by atoms with van der Waals surface area (Å²) in [5, 5.41) is 9.19. The Bertz CT molecular complexity index is 698. The van der Waals surface area contributed by atoms with E-state index in [4.69, 9.17) is 37.8 Å². The van der Waals surface area contributed by atoms with Crippen LogP contribution in [0.25, 0.3) is 0 Å². The molecule has 130 valence electrons. The van der Waals surface area contributed by atoms with Crippen molar-refractivity contribution in [1.29, 1.82) is 0 Å². The van der Waals surface area contributed by atoms with E-state index in [-0.39, 0.29) is 22.5 Å². The number of ether oxygens (including phenoxy) is 3. The molecule has 0 aromatic carbocycles. The van der Waals surface area contributed by atoms with Crippen LogP contribution in [-0.4, -0.2) is 42.4 Å². The van der Waals surface area contributed by atoms with Crippen LogP contribution in [0, 0.1) is 0 Å². The lowest BCUT2D eigenvalue weighted by Gasteiger charge is -2.06. The largest absolute Gasteiger partial charge is 0.496 e. The van der Waals surface area contributed by atoms with Gasteiger partial charge in [-0.25, -0.2) is 14.8 Å².